The van der Waals surface area contributed by atoms with Gasteiger partial charge in [-0.3, -0.25) is 4.79 Å². The molecule has 4 heteroatoms. The zero-order chi connectivity index (χ0) is 13.3. The van der Waals surface area contributed by atoms with E-state index in [2.05, 4.69) is 6.92 Å². The van der Waals surface area contributed by atoms with Crippen LogP contribution in [-0.2, 0) is 0 Å². The highest BCUT2D eigenvalue weighted by Gasteiger charge is 2.34. The molecule has 1 saturated heterocycles. The molecule has 0 radical (unpaired) electrons. The van der Waals surface area contributed by atoms with Gasteiger partial charge in [-0.1, -0.05) is 6.92 Å². The zero-order valence-electron chi connectivity index (χ0n) is 10.8. The Kier molecular flexibility index (Phi) is 3.45. The summed E-state index contributed by atoms with van der Waals surface area (Å²) in [7, 11) is 0. The molecule has 4 nitrogen and oxygen atoms in total. The summed E-state index contributed by atoms with van der Waals surface area (Å²) in [6.45, 7) is 4.08. The molecule has 2 atom stereocenters. The molecule has 2 N–H and O–H groups in total. The van der Waals surface area contributed by atoms with Crippen LogP contribution in [0.4, 0.5) is 0 Å². The number of carbonyl (C=O) groups is 1. The number of aromatic hydroxyl groups is 2. The maximum absolute atomic E-state index is 12.5. The van der Waals surface area contributed by atoms with Crippen LogP contribution in [0.15, 0.2) is 18.2 Å². The molecular weight excluding hydrogens is 230 g/mol. The monoisotopic (exact) mass is 249 g/mol. The van der Waals surface area contributed by atoms with Crippen LogP contribution in [-0.4, -0.2) is 33.1 Å². The van der Waals surface area contributed by atoms with Gasteiger partial charge in [0.25, 0.3) is 5.91 Å². The molecule has 1 fully saturated rings. The first-order valence-corrected chi connectivity index (χ1v) is 6.39. The van der Waals surface area contributed by atoms with Crippen molar-refractivity contribution in [3.05, 3.63) is 23.8 Å². The summed E-state index contributed by atoms with van der Waals surface area (Å²) in [5.74, 6) is -0.275. The summed E-state index contributed by atoms with van der Waals surface area (Å²) in [6, 6.07) is 4.47. The number of benzene rings is 1. The van der Waals surface area contributed by atoms with Gasteiger partial charge in [-0.2, -0.15) is 0 Å². The summed E-state index contributed by atoms with van der Waals surface area (Å²) >= 11 is 0. The third-order valence-corrected chi connectivity index (χ3v) is 3.70. The van der Waals surface area contributed by atoms with Crippen LogP contribution in [0.25, 0.3) is 0 Å². The van der Waals surface area contributed by atoms with E-state index in [1.165, 1.54) is 18.2 Å². The van der Waals surface area contributed by atoms with E-state index in [1.54, 1.807) is 0 Å². The molecule has 0 spiro atoms. The summed E-state index contributed by atoms with van der Waals surface area (Å²) in [5, 5.41) is 19.2. The molecule has 2 rings (SSSR count). The van der Waals surface area contributed by atoms with Gasteiger partial charge in [0.2, 0.25) is 0 Å². The topological polar surface area (TPSA) is 60.8 Å². The van der Waals surface area contributed by atoms with Crippen LogP contribution >= 0.6 is 0 Å². The Hall–Kier alpha value is -1.71. The van der Waals surface area contributed by atoms with Crippen molar-refractivity contribution in [2.45, 2.75) is 45.2 Å². The summed E-state index contributed by atoms with van der Waals surface area (Å²) in [5.41, 5.74) is 0.183. The Labute approximate surface area is 107 Å². The highest BCUT2D eigenvalue weighted by Crippen LogP contribution is 2.31. The molecule has 0 bridgehead atoms. The summed E-state index contributed by atoms with van der Waals surface area (Å²) in [6.07, 6.45) is 2.91. The van der Waals surface area contributed by atoms with E-state index in [0.29, 0.717) is 0 Å². The fraction of sp³-hybridized carbons (Fsp3) is 0.500. The molecule has 1 aromatic rings. The number of hydrogen-bond donors (Lipinski definition) is 2. The molecule has 0 saturated carbocycles. The van der Waals surface area contributed by atoms with E-state index >= 15 is 0 Å². The average molecular weight is 249 g/mol. The molecule has 1 amide bonds. The fourth-order valence-electron chi connectivity index (χ4n) is 2.67. The van der Waals surface area contributed by atoms with Gasteiger partial charge in [-0.15, -0.1) is 0 Å². The predicted octanol–water partition coefficient (Wildman–Crippen LogP) is 2.50. The molecular formula is C14H19NO3. The minimum Gasteiger partial charge on any atom is -0.508 e. The third kappa shape index (κ3) is 2.15. The lowest BCUT2D eigenvalue weighted by atomic mass is 10.1. The quantitative estimate of drug-likeness (QED) is 0.792. The van der Waals surface area contributed by atoms with Crippen LogP contribution in [0.1, 0.15) is 43.5 Å². The number of rotatable bonds is 2. The smallest absolute Gasteiger partial charge is 0.258 e. The molecule has 1 aromatic carbocycles. The normalized spacial score (nSPS) is 23.3. The standard InChI is InChI=1S/C14H19NO3/c1-3-10-5-4-9(2)15(10)14(18)12-8-11(16)6-7-13(12)17/h6-10,16-17H,3-5H2,1-2H3. The number of likely N-dealkylation sites (tertiary alicyclic amines) is 1. The fourth-order valence-corrected chi connectivity index (χ4v) is 2.67. The van der Waals surface area contributed by atoms with E-state index in [4.69, 9.17) is 0 Å². The van der Waals surface area contributed by atoms with Gasteiger partial charge < -0.3 is 15.1 Å². The van der Waals surface area contributed by atoms with Crippen molar-refractivity contribution >= 4 is 5.91 Å². The van der Waals surface area contributed by atoms with Crippen molar-refractivity contribution in [1.82, 2.24) is 4.90 Å². The highest BCUT2D eigenvalue weighted by molar-refractivity contribution is 5.97. The Bertz CT molecular complexity index is 458. The SMILES string of the molecule is CCC1CCC(C)N1C(=O)c1cc(O)ccc1O. The van der Waals surface area contributed by atoms with Gasteiger partial charge in [0.05, 0.1) is 5.56 Å². The predicted molar refractivity (Wildman–Crippen MR) is 68.7 cm³/mol. The first kappa shape index (κ1) is 12.7. The van der Waals surface area contributed by atoms with Crippen LogP contribution in [0.3, 0.4) is 0 Å². The van der Waals surface area contributed by atoms with E-state index in [0.717, 1.165) is 19.3 Å². The first-order chi connectivity index (χ1) is 8.54. The van der Waals surface area contributed by atoms with Crippen LogP contribution in [0.2, 0.25) is 0 Å². The summed E-state index contributed by atoms with van der Waals surface area (Å²) in [4.78, 5) is 14.3. The highest BCUT2D eigenvalue weighted by atomic mass is 16.3. The Morgan fingerprint density at radius 3 is 2.78 bits per heavy atom. The molecule has 0 aromatic heterocycles. The molecule has 0 aliphatic carbocycles. The van der Waals surface area contributed by atoms with Crippen molar-refractivity contribution in [3.63, 3.8) is 0 Å². The van der Waals surface area contributed by atoms with Gasteiger partial charge >= 0.3 is 0 Å². The van der Waals surface area contributed by atoms with Crippen molar-refractivity contribution in [2.75, 3.05) is 0 Å². The van der Waals surface area contributed by atoms with E-state index in [-0.39, 0.29) is 35.1 Å². The van der Waals surface area contributed by atoms with Gasteiger partial charge in [0.15, 0.2) is 0 Å². The van der Waals surface area contributed by atoms with E-state index in [1.807, 2.05) is 11.8 Å². The molecule has 2 unspecified atom stereocenters. The molecule has 1 aliphatic rings. The lowest BCUT2D eigenvalue weighted by Gasteiger charge is -2.28. The lowest BCUT2D eigenvalue weighted by molar-refractivity contribution is 0.0673. The summed E-state index contributed by atoms with van der Waals surface area (Å²) < 4.78 is 0. The van der Waals surface area contributed by atoms with Crippen molar-refractivity contribution < 1.29 is 15.0 Å². The minimum atomic E-state index is -0.194. The second-order valence-electron chi connectivity index (χ2n) is 4.90. The number of phenols is 2. The van der Waals surface area contributed by atoms with E-state index < -0.39 is 0 Å². The third-order valence-electron chi connectivity index (χ3n) is 3.70. The zero-order valence-corrected chi connectivity index (χ0v) is 10.8. The minimum absolute atomic E-state index is 0.00366. The van der Waals surface area contributed by atoms with Crippen molar-refractivity contribution in [3.8, 4) is 11.5 Å². The second-order valence-corrected chi connectivity index (χ2v) is 4.90. The second kappa shape index (κ2) is 4.88. The number of carbonyl (C=O) groups excluding carboxylic acids is 1. The molecule has 1 heterocycles. The molecule has 1 aliphatic heterocycles. The van der Waals surface area contributed by atoms with Gasteiger partial charge in [0, 0.05) is 12.1 Å². The van der Waals surface area contributed by atoms with E-state index in [9.17, 15) is 15.0 Å². The number of hydrogen-bond acceptors (Lipinski definition) is 3. The van der Waals surface area contributed by atoms with Gasteiger partial charge in [0.1, 0.15) is 11.5 Å². The van der Waals surface area contributed by atoms with Crippen LogP contribution in [0, 0.1) is 0 Å². The molecule has 18 heavy (non-hydrogen) atoms. The number of nitrogens with zero attached hydrogens (tertiary/aromatic N) is 1. The maximum Gasteiger partial charge on any atom is 0.258 e. The largest absolute Gasteiger partial charge is 0.508 e. The van der Waals surface area contributed by atoms with Crippen molar-refractivity contribution in [2.24, 2.45) is 0 Å². The Balaban J connectivity index is 2.32. The van der Waals surface area contributed by atoms with Gasteiger partial charge in [-0.25, -0.2) is 0 Å². The average Bonchev–Trinajstić information content (AvgIpc) is 2.72. The van der Waals surface area contributed by atoms with Gasteiger partial charge in [-0.05, 0) is 44.4 Å². The number of phenolic OH excluding ortho intramolecular Hbond substituents is 2. The Morgan fingerprint density at radius 1 is 1.39 bits per heavy atom. The lowest BCUT2D eigenvalue weighted by Crippen LogP contribution is -2.39. The van der Waals surface area contributed by atoms with Crippen LogP contribution in [0.5, 0.6) is 11.5 Å². The van der Waals surface area contributed by atoms with Crippen molar-refractivity contribution in [1.29, 1.82) is 0 Å². The Morgan fingerprint density at radius 2 is 2.11 bits per heavy atom. The first-order valence-electron chi connectivity index (χ1n) is 6.39. The number of amides is 1. The van der Waals surface area contributed by atoms with Crippen LogP contribution < -0.4 is 0 Å². The maximum atomic E-state index is 12.5. The molecule has 98 valence electrons.